The minimum absolute atomic E-state index is 0.202. The first-order chi connectivity index (χ1) is 14.3. The van der Waals surface area contributed by atoms with E-state index in [-0.39, 0.29) is 5.91 Å². The topological polar surface area (TPSA) is 90.0 Å². The van der Waals surface area contributed by atoms with Gasteiger partial charge in [0.15, 0.2) is 5.65 Å². The molecule has 29 heavy (non-hydrogen) atoms. The fourth-order valence-corrected chi connectivity index (χ4v) is 3.27. The molecule has 0 saturated heterocycles. The van der Waals surface area contributed by atoms with E-state index in [2.05, 4.69) is 25.3 Å². The van der Waals surface area contributed by atoms with Crippen LogP contribution in [-0.2, 0) is 13.1 Å². The third-order valence-electron chi connectivity index (χ3n) is 4.72. The van der Waals surface area contributed by atoms with Gasteiger partial charge in [0, 0.05) is 24.8 Å². The minimum Gasteiger partial charge on any atom is -0.346 e. The third kappa shape index (κ3) is 3.31. The molecule has 8 heteroatoms. The maximum Gasteiger partial charge on any atom is 0.253 e. The summed E-state index contributed by atoms with van der Waals surface area (Å²) >= 11 is 0. The van der Waals surface area contributed by atoms with Gasteiger partial charge < -0.3 is 14.3 Å². The van der Waals surface area contributed by atoms with Crippen LogP contribution in [0.15, 0.2) is 73.7 Å². The number of imidazole rings is 2. The lowest BCUT2D eigenvalue weighted by Crippen LogP contribution is -2.23. The molecular formula is C21H17N7O. The number of amides is 1. The van der Waals surface area contributed by atoms with Crippen molar-refractivity contribution in [1.82, 2.24) is 34.2 Å². The summed E-state index contributed by atoms with van der Waals surface area (Å²) in [6.07, 6.45) is 10.5. The summed E-state index contributed by atoms with van der Waals surface area (Å²) in [6, 6.07) is 11.4. The second-order valence-electron chi connectivity index (χ2n) is 6.66. The number of carbonyl (C=O) groups is 1. The van der Waals surface area contributed by atoms with Gasteiger partial charge in [0.25, 0.3) is 5.91 Å². The molecule has 1 N–H and O–H groups in total. The molecule has 1 amide bonds. The van der Waals surface area contributed by atoms with E-state index in [1.807, 2.05) is 51.7 Å². The van der Waals surface area contributed by atoms with Crippen LogP contribution in [0.2, 0.25) is 0 Å². The smallest absolute Gasteiger partial charge is 0.253 e. The second kappa shape index (κ2) is 7.16. The number of hydrogen-bond donors (Lipinski definition) is 1. The van der Waals surface area contributed by atoms with Crippen molar-refractivity contribution in [3.8, 4) is 0 Å². The van der Waals surface area contributed by atoms with Crippen molar-refractivity contribution in [2.75, 3.05) is 0 Å². The van der Waals surface area contributed by atoms with Gasteiger partial charge in [-0.1, -0.05) is 12.1 Å². The van der Waals surface area contributed by atoms with E-state index in [0.717, 1.165) is 22.6 Å². The molecule has 0 aliphatic rings. The van der Waals surface area contributed by atoms with Crippen LogP contribution in [0.5, 0.6) is 0 Å². The van der Waals surface area contributed by atoms with Gasteiger partial charge in [-0.05, 0) is 29.8 Å². The number of hydrogen-bond acceptors (Lipinski definition) is 5. The maximum atomic E-state index is 12.6. The maximum absolute atomic E-state index is 12.6. The summed E-state index contributed by atoms with van der Waals surface area (Å²) in [5.41, 5.74) is 4.69. The number of rotatable bonds is 5. The van der Waals surface area contributed by atoms with Gasteiger partial charge in [-0.15, -0.1) is 0 Å². The van der Waals surface area contributed by atoms with E-state index >= 15 is 0 Å². The molecule has 0 aliphatic heterocycles. The molecule has 0 bridgehead atoms. The second-order valence-corrected chi connectivity index (χ2v) is 6.66. The van der Waals surface area contributed by atoms with Gasteiger partial charge >= 0.3 is 0 Å². The third-order valence-corrected chi connectivity index (χ3v) is 4.72. The quantitative estimate of drug-likeness (QED) is 0.503. The molecule has 5 rings (SSSR count). The molecule has 0 atom stereocenters. The first-order valence-corrected chi connectivity index (χ1v) is 9.17. The highest BCUT2D eigenvalue weighted by molar-refractivity contribution is 5.96. The molecule has 0 aromatic carbocycles. The summed E-state index contributed by atoms with van der Waals surface area (Å²) in [4.78, 5) is 29.9. The van der Waals surface area contributed by atoms with Crippen LogP contribution < -0.4 is 5.32 Å². The van der Waals surface area contributed by atoms with E-state index in [4.69, 9.17) is 0 Å². The Morgan fingerprint density at radius 2 is 2.00 bits per heavy atom. The zero-order chi connectivity index (χ0) is 19.6. The summed E-state index contributed by atoms with van der Waals surface area (Å²) in [5.74, 6) is -0.202. The van der Waals surface area contributed by atoms with E-state index < -0.39 is 0 Å². The number of aromatic nitrogens is 6. The highest BCUT2D eigenvalue weighted by Gasteiger charge is 2.12. The summed E-state index contributed by atoms with van der Waals surface area (Å²) in [5, 5.41) is 2.92. The highest BCUT2D eigenvalue weighted by Crippen LogP contribution is 2.14. The lowest BCUT2D eigenvalue weighted by molar-refractivity contribution is 0.0950. The molecule has 5 aromatic heterocycles. The molecule has 142 valence electrons. The summed E-state index contributed by atoms with van der Waals surface area (Å²) < 4.78 is 3.88. The van der Waals surface area contributed by atoms with E-state index in [0.29, 0.717) is 24.2 Å². The van der Waals surface area contributed by atoms with Crippen LogP contribution in [0.25, 0.3) is 16.8 Å². The average molecular weight is 383 g/mol. The SMILES string of the molecule is O=C(NCc1cnc2ccccn12)c1cnc2c(c1)ncn2Cc1cccnc1. The number of nitrogens with one attached hydrogen (secondary N) is 1. The van der Waals surface area contributed by atoms with Crippen LogP contribution in [0.1, 0.15) is 21.6 Å². The summed E-state index contributed by atoms with van der Waals surface area (Å²) in [7, 11) is 0. The molecule has 0 radical (unpaired) electrons. The Kier molecular flexibility index (Phi) is 4.21. The van der Waals surface area contributed by atoms with E-state index in [9.17, 15) is 4.79 Å². The van der Waals surface area contributed by atoms with Crippen molar-refractivity contribution in [1.29, 1.82) is 0 Å². The van der Waals surface area contributed by atoms with Crippen molar-refractivity contribution in [3.63, 3.8) is 0 Å². The van der Waals surface area contributed by atoms with Crippen molar-refractivity contribution in [2.45, 2.75) is 13.1 Å². The normalized spacial score (nSPS) is 11.2. The molecule has 0 fully saturated rings. The fourth-order valence-electron chi connectivity index (χ4n) is 3.27. The van der Waals surface area contributed by atoms with Crippen LogP contribution in [0, 0.1) is 0 Å². The standard InChI is InChI=1S/C21H17N7O/c29-21(25-12-17-11-23-19-5-1-2-7-28(17)19)16-8-18-20(24-10-16)27(14-26-18)13-15-4-3-6-22-9-15/h1-11,14H,12-13H2,(H,25,29). The monoisotopic (exact) mass is 383 g/mol. The van der Waals surface area contributed by atoms with Crippen molar-refractivity contribution < 1.29 is 4.79 Å². The molecule has 5 aromatic rings. The molecule has 0 unspecified atom stereocenters. The van der Waals surface area contributed by atoms with E-state index in [1.54, 1.807) is 31.0 Å². The van der Waals surface area contributed by atoms with Crippen molar-refractivity contribution >= 4 is 22.7 Å². The highest BCUT2D eigenvalue weighted by atomic mass is 16.1. The van der Waals surface area contributed by atoms with Crippen molar-refractivity contribution in [2.24, 2.45) is 0 Å². The van der Waals surface area contributed by atoms with Gasteiger partial charge in [0.1, 0.15) is 11.2 Å². The predicted octanol–water partition coefficient (Wildman–Crippen LogP) is 2.45. The van der Waals surface area contributed by atoms with Crippen LogP contribution in [0.3, 0.4) is 0 Å². The zero-order valence-electron chi connectivity index (χ0n) is 15.4. The Morgan fingerprint density at radius 1 is 1.03 bits per heavy atom. The molecule has 0 saturated carbocycles. The minimum atomic E-state index is -0.202. The van der Waals surface area contributed by atoms with Crippen LogP contribution in [0.4, 0.5) is 0 Å². The Morgan fingerprint density at radius 3 is 2.90 bits per heavy atom. The fraction of sp³-hybridized carbons (Fsp3) is 0.0952. The largest absolute Gasteiger partial charge is 0.346 e. The number of pyridine rings is 3. The van der Waals surface area contributed by atoms with Gasteiger partial charge in [0.2, 0.25) is 0 Å². The first kappa shape index (κ1) is 17.1. The predicted molar refractivity (Wildman–Crippen MR) is 107 cm³/mol. The Bertz CT molecular complexity index is 1310. The number of fused-ring (bicyclic) bond motifs is 2. The van der Waals surface area contributed by atoms with Gasteiger partial charge in [-0.2, -0.15) is 0 Å². The Balaban J connectivity index is 1.33. The molecule has 0 aliphatic carbocycles. The summed E-state index contributed by atoms with van der Waals surface area (Å²) in [6.45, 7) is 0.995. The van der Waals surface area contributed by atoms with Gasteiger partial charge in [-0.3, -0.25) is 9.78 Å². The van der Waals surface area contributed by atoms with Crippen LogP contribution in [-0.4, -0.2) is 34.8 Å². The lowest BCUT2D eigenvalue weighted by atomic mass is 10.2. The van der Waals surface area contributed by atoms with Crippen molar-refractivity contribution in [3.05, 3.63) is 90.5 Å². The molecule has 8 nitrogen and oxygen atoms in total. The Labute approximate surface area is 165 Å². The Hall–Kier alpha value is -4.07. The lowest BCUT2D eigenvalue weighted by Gasteiger charge is -2.06. The first-order valence-electron chi connectivity index (χ1n) is 9.17. The molecule has 0 spiro atoms. The average Bonchev–Trinajstić information content (AvgIpc) is 3.36. The molecule has 5 heterocycles. The van der Waals surface area contributed by atoms with E-state index in [1.165, 1.54) is 0 Å². The zero-order valence-corrected chi connectivity index (χ0v) is 15.4. The van der Waals surface area contributed by atoms with Gasteiger partial charge in [0.05, 0.1) is 36.9 Å². The number of nitrogens with zero attached hydrogens (tertiary/aromatic N) is 6. The number of carbonyl (C=O) groups excluding carboxylic acids is 1. The van der Waals surface area contributed by atoms with Crippen LogP contribution >= 0.6 is 0 Å². The van der Waals surface area contributed by atoms with Gasteiger partial charge in [-0.25, -0.2) is 15.0 Å². The molecular weight excluding hydrogens is 366 g/mol.